The van der Waals surface area contributed by atoms with Crippen LogP contribution in [-0.2, 0) is 22.6 Å². The van der Waals surface area contributed by atoms with Gasteiger partial charge in [-0.15, -0.1) is 0 Å². The van der Waals surface area contributed by atoms with Crippen molar-refractivity contribution in [3.63, 3.8) is 0 Å². The molecule has 2 aliphatic rings. The third-order valence-electron chi connectivity index (χ3n) is 4.64. The van der Waals surface area contributed by atoms with E-state index >= 15 is 0 Å². The predicted octanol–water partition coefficient (Wildman–Crippen LogP) is 0.612. The topological polar surface area (TPSA) is 93.0 Å². The van der Waals surface area contributed by atoms with Crippen LogP contribution in [0.15, 0.2) is 4.52 Å². The van der Waals surface area contributed by atoms with E-state index in [4.69, 9.17) is 14.0 Å². The Bertz CT molecular complexity index is 546. The molecule has 0 bridgehead atoms. The summed E-state index contributed by atoms with van der Waals surface area (Å²) in [5, 5.41) is 6.69. The van der Waals surface area contributed by atoms with E-state index in [0.717, 1.165) is 52.2 Å². The van der Waals surface area contributed by atoms with E-state index in [2.05, 4.69) is 20.4 Å². The molecule has 0 spiro atoms. The molecule has 0 radical (unpaired) electrons. The van der Waals surface area contributed by atoms with Gasteiger partial charge in [0.1, 0.15) is 6.61 Å². The Labute approximate surface area is 147 Å². The molecule has 0 aliphatic carbocycles. The number of methoxy groups -OCH3 is 1. The highest BCUT2D eigenvalue weighted by molar-refractivity contribution is 5.74. The maximum absolute atomic E-state index is 12.6. The fraction of sp³-hybridized carbons (Fsp3) is 0.812. The van der Waals surface area contributed by atoms with E-state index < -0.39 is 0 Å². The van der Waals surface area contributed by atoms with Crippen LogP contribution in [-0.4, -0.2) is 78.5 Å². The summed E-state index contributed by atoms with van der Waals surface area (Å²) in [6, 6.07) is 0.183. The first-order chi connectivity index (χ1) is 12.3. The highest BCUT2D eigenvalue weighted by atomic mass is 16.5. The smallest absolute Gasteiger partial charge is 0.318 e. The number of ether oxygens (including phenoxy) is 2. The van der Waals surface area contributed by atoms with Gasteiger partial charge in [0.05, 0.1) is 19.8 Å². The van der Waals surface area contributed by atoms with Gasteiger partial charge in [0.15, 0.2) is 5.82 Å². The van der Waals surface area contributed by atoms with Crippen molar-refractivity contribution in [2.24, 2.45) is 0 Å². The summed E-state index contributed by atoms with van der Waals surface area (Å²) in [5.74, 6) is 0.872. The van der Waals surface area contributed by atoms with E-state index in [-0.39, 0.29) is 18.6 Å². The molecule has 25 heavy (non-hydrogen) atoms. The van der Waals surface area contributed by atoms with Crippen molar-refractivity contribution in [1.82, 2.24) is 25.3 Å². The Morgan fingerprint density at radius 3 is 2.96 bits per heavy atom. The molecule has 2 amide bonds. The van der Waals surface area contributed by atoms with E-state index in [9.17, 15) is 4.79 Å². The molecular weight excluding hydrogens is 326 g/mol. The summed E-state index contributed by atoms with van der Waals surface area (Å²) in [6.07, 6.45) is 3.26. The average Bonchev–Trinajstić information content (AvgIpc) is 3.09. The molecule has 1 aromatic heterocycles. The normalized spacial score (nSPS) is 22.1. The maximum atomic E-state index is 12.6. The van der Waals surface area contributed by atoms with Crippen molar-refractivity contribution >= 4 is 6.03 Å². The molecule has 2 saturated heterocycles. The van der Waals surface area contributed by atoms with Gasteiger partial charge in [0, 0.05) is 39.3 Å². The SMILES string of the molecule is COCc1noc(CNC(=O)N2CCCC[C@@H]2CN2CCOCC2)n1. The Morgan fingerprint density at radius 2 is 2.16 bits per heavy atom. The zero-order chi connectivity index (χ0) is 17.5. The summed E-state index contributed by atoms with van der Waals surface area (Å²) >= 11 is 0. The number of aromatic nitrogens is 2. The third kappa shape index (κ3) is 5.13. The summed E-state index contributed by atoms with van der Waals surface area (Å²) in [4.78, 5) is 21.1. The quantitative estimate of drug-likeness (QED) is 0.801. The van der Waals surface area contributed by atoms with Crippen molar-refractivity contribution < 1.29 is 18.8 Å². The number of hydrogen-bond donors (Lipinski definition) is 1. The molecule has 0 aromatic carbocycles. The van der Waals surface area contributed by atoms with Gasteiger partial charge < -0.3 is 24.2 Å². The van der Waals surface area contributed by atoms with E-state index in [1.165, 1.54) is 6.42 Å². The van der Waals surface area contributed by atoms with Crippen LogP contribution in [0.3, 0.4) is 0 Å². The molecule has 0 unspecified atom stereocenters. The number of morpholine rings is 1. The molecule has 1 atom stereocenters. The van der Waals surface area contributed by atoms with Crippen molar-refractivity contribution in [2.45, 2.75) is 38.5 Å². The lowest BCUT2D eigenvalue weighted by Gasteiger charge is -2.39. The van der Waals surface area contributed by atoms with Crippen molar-refractivity contribution in [1.29, 1.82) is 0 Å². The summed E-state index contributed by atoms with van der Waals surface area (Å²) in [7, 11) is 1.57. The highest BCUT2D eigenvalue weighted by Crippen LogP contribution is 2.18. The zero-order valence-electron chi connectivity index (χ0n) is 14.8. The first-order valence-corrected chi connectivity index (χ1v) is 8.91. The lowest BCUT2D eigenvalue weighted by Crippen LogP contribution is -2.53. The van der Waals surface area contributed by atoms with Crippen molar-refractivity contribution in [2.75, 3.05) is 46.5 Å². The number of hydrogen-bond acceptors (Lipinski definition) is 7. The lowest BCUT2D eigenvalue weighted by atomic mass is 10.0. The largest absolute Gasteiger partial charge is 0.379 e. The number of nitrogens with one attached hydrogen (secondary N) is 1. The fourth-order valence-corrected chi connectivity index (χ4v) is 3.34. The molecule has 3 rings (SSSR count). The molecular formula is C16H27N5O4. The minimum Gasteiger partial charge on any atom is -0.379 e. The van der Waals surface area contributed by atoms with Gasteiger partial charge in [-0.25, -0.2) is 4.79 Å². The molecule has 9 nitrogen and oxygen atoms in total. The zero-order valence-corrected chi connectivity index (χ0v) is 14.8. The van der Waals surface area contributed by atoms with Gasteiger partial charge in [-0.05, 0) is 19.3 Å². The van der Waals surface area contributed by atoms with Gasteiger partial charge in [0.25, 0.3) is 0 Å². The van der Waals surface area contributed by atoms with E-state index in [0.29, 0.717) is 18.3 Å². The molecule has 2 fully saturated rings. The second-order valence-electron chi connectivity index (χ2n) is 6.45. The molecule has 0 saturated carbocycles. The van der Waals surface area contributed by atoms with Crippen molar-refractivity contribution in [3.8, 4) is 0 Å². The number of amides is 2. The molecule has 2 aliphatic heterocycles. The van der Waals surface area contributed by atoms with Crippen LogP contribution in [0, 0.1) is 0 Å². The van der Waals surface area contributed by atoms with Gasteiger partial charge in [-0.1, -0.05) is 5.16 Å². The van der Waals surface area contributed by atoms with Gasteiger partial charge in [-0.3, -0.25) is 4.90 Å². The maximum Gasteiger partial charge on any atom is 0.318 e. The first-order valence-electron chi connectivity index (χ1n) is 8.91. The van der Waals surface area contributed by atoms with E-state index in [1.54, 1.807) is 7.11 Å². The summed E-state index contributed by atoms with van der Waals surface area (Å²) < 4.78 is 15.5. The van der Waals surface area contributed by atoms with Crippen LogP contribution >= 0.6 is 0 Å². The van der Waals surface area contributed by atoms with Crippen LogP contribution in [0.25, 0.3) is 0 Å². The Balaban J connectivity index is 1.50. The predicted molar refractivity (Wildman–Crippen MR) is 88.9 cm³/mol. The van der Waals surface area contributed by atoms with Crippen LogP contribution in [0.5, 0.6) is 0 Å². The Kier molecular flexibility index (Phi) is 6.60. The van der Waals surface area contributed by atoms with Crippen LogP contribution < -0.4 is 5.32 Å². The minimum absolute atomic E-state index is 0.0653. The number of piperidine rings is 1. The number of urea groups is 1. The Morgan fingerprint density at radius 1 is 1.32 bits per heavy atom. The second kappa shape index (κ2) is 9.12. The molecule has 3 heterocycles. The first kappa shape index (κ1) is 18.1. The summed E-state index contributed by atoms with van der Waals surface area (Å²) in [6.45, 7) is 5.67. The summed E-state index contributed by atoms with van der Waals surface area (Å²) in [5.41, 5.74) is 0. The second-order valence-corrected chi connectivity index (χ2v) is 6.45. The number of carbonyl (C=O) groups is 1. The molecule has 1 aromatic rings. The van der Waals surface area contributed by atoms with Crippen molar-refractivity contribution in [3.05, 3.63) is 11.7 Å². The van der Waals surface area contributed by atoms with Crippen LogP contribution in [0.1, 0.15) is 31.0 Å². The van der Waals surface area contributed by atoms with Gasteiger partial charge >= 0.3 is 6.03 Å². The Hall–Kier alpha value is -1.71. The number of rotatable bonds is 6. The number of nitrogens with zero attached hydrogens (tertiary/aromatic N) is 4. The average molecular weight is 353 g/mol. The standard InChI is InChI=1S/C16H27N5O4/c1-23-12-14-18-15(25-19-14)10-17-16(22)21-5-3-2-4-13(21)11-20-6-8-24-9-7-20/h13H,2-12H2,1H3,(H,17,22)/t13-/m1/s1. The van der Waals surface area contributed by atoms with Crippen LogP contribution in [0.4, 0.5) is 4.79 Å². The highest BCUT2D eigenvalue weighted by Gasteiger charge is 2.29. The number of likely N-dealkylation sites (tertiary alicyclic amines) is 1. The van der Waals surface area contributed by atoms with Gasteiger partial charge in [0.2, 0.25) is 5.89 Å². The number of carbonyl (C=O) groups excluding carboxylic acids is 1. The fourth-order valence-electron chi connectivity index (χ4n) is 3.34. The molecule has 9 heteroatoms. The monoisotopic (exact) mass is 353 g/mol. The molecule has 140 valence electrons. The van der Waals surface area contributed by atoms with Gasteiger partial charge in [-0.2, -0.15) is 4.98 Å². The minimum atomic E-state index is -0.0653. The molecule has 1 N–H and O–H groups in total. The van der Waals surface area contributed by atoms with Crippen LogP contribution in [0.2, 0.25) is 0 Å². The third-order valence-corrected chi connectivity index (χ3v) is 4.64. The lowest BCUT2D eigenvalue weighted by molar-refractivity contribution is 0.0221. The van der Waals surface area contributed by atoms with E-state index in [1.807, 2.05) is 4.90 Å².